The van der Waals surface area contributed by atoms with Crippen molar-refractivity contribution in [3.63, 3.8) is 0 Å². The number of hydrogen-bond donors (Lipinski definition) is 2. The van der Waals surface area contributed by atoms with Crippen LogP contribution in [0.5, 0.6) is 5.75 Å². The monoisotopic (exact) mass is 276 g/mol. The second kappa shape index (κ2) is 5.94. The van der Waals surface area contributed by atoms with Gasteiger partial charge in [-0.2, -0.15) is 0 Å². The second-order valence-electron chi connectivity index (χ2n) is 5.20. The molecule has 1 aliphatic heterocycles. The van der Waals surface area contributed by atoms with E-state index in [1.54, 1.807) is 30.1 Å². The molecule has 0 aromatic heterocycles. The van der Waals surface area contributed by atoms with Crippen LogP contribution in [0.2, 0.25) is 0 Å². The molecule has 0 unspecified atom stereocenters. The van der Waals surface area contributed by atoms with Crippen molar-refractivity contribution in [2.24, 2.45) is 5.92 Å². The first-order chi connectivity index (χ1) is 9.52. The van der Waals surface area contributed by atoms with Crippen LogP contribution in [0.1, 0.15) is 28.8 Å². The topological polar surface area (TPSA) is 69.6 Å². The van der Waals surface area contributed by atoms with E-state index in [-0.39, 0.29) is 23.5 Å². The summed E-state index contributed by atoms with van der Waals surface area (Å²) in [5.74, 6) is -0.138. The molecular weight excluding hydrogens is 256 g/mol. The molecule has 0 aliphatic carbocycles. The molecular formula is C15H20N2O3. The summed E-state index contributed by atoms with van der Waals surface area (Å²) in [7, 11) is 1.63. The first-order valence-electron chi connectivity index (χ1n) is 6.83. The highest BCUT2D eigenvalue weighted by molar-refractivity contribution is 5.97. The van der Waals surface area contributed by atoms with Gasteiger partial charge in [0.2, 0.25) is 5.91 Å². The number of amides is 2. The zero-order valence-electron chi connectivity index (χ0n) is 11.8. The van der Waals surface area contributed by atoms with Crippen molar-refractivity contribution in [1.29, 1.82) is 0 Å². The summed E-state index contributed by atoms with van der Waals surface area (Å²) in [6.45, 7) is 2.97. The van der Waals surface area contributed by atoms with Crippen molar-refractivity contribution in [3.8, 4) is 5.75 Å². The number of aromatic hydroxyl groups is 1. The number of rotatable bonds is 2. The number of phenolic OH excluding ortho intramolecular Hbond substituents is 1. The van der Waals surface area contributed by atoms with Crippen molar-refractivity contribution < 1.29 is 14.7 Å². The van der Waals surface area contributed by atoms with Gasteiger partial charge in [-0.25, -0.2) is 0 Å². The number of carbonyl (C=O) groups excluding carboxylic acids is 2. The third-order valence-corrected chi connectivity index (χ3v) is 3.78. The molecule has 5 heteroatoms. The van der Waals surface area contributed by atoms with Gasteiger partial charge in [0.15, 0.2) is 0 Å². The van der Waals surface area contributed by atoms with Crippen LogP contribution in [0.3, 0.4) is 0 Å². The van der Waals surface area contributed by atoms with Gasteiger partial charge in [-0.05, 0) is 31.9 Å². The maximum Gasteiger partial charge on any atom is 0.257 e. The van der Waals surface area contributed by atoms with Crippen molar-refractivity contribution in [1.82, 2.24) is 10.2 Å². The number of nitrogens with one attached hydrogen (secondary N) is 1. The molecule has 2 N–H and O–H groups in total. The lowest BCUT2D eigenvalue weighted by atomic mass is 9.95. The summed E-state index contributed by atoms with van der Waals surface area (Å²) < 4.78 is 0. The summed E-state index contributed by atoms with van der Waals surface area (Å²) in [6.07, 6.45) is 1.33. The predicted octanol–water partition coefficient (Wildman–Crippen LogP) is 1.30. The van der Waals surface area contributed by atoms with Gasteiger partial charge in [-0.3, -0.25) is 9.59 Å². The van der Waals surface area contributed by atoms with Crippen LogP contribution in [0.15, 0.2) is 18.2 Å². The molecule has 1 fully saturated rings. The lowest BCUT2D eigenvalue weighted by Gasteiger charge is -2.31. The van der Waals surface area contributed by atoms with Gasteiger partial charge in [0, 0.05) is 26.1 Å². The number of aryl methyl sites for hydroxylation is 1. The predicted molar refractivity (Wildman–Crippen MR) is 75.5 cm³/mol. The van der Waals surface area contributed by atoms with Crippen LogP contribution in [-0.4, -0.2) is 42.0 Å². The normalized spacial score (nSPS) is 16.0. The summed E-state index contributed by atoms with van der Waals surface area (Å²) in [4.78, 5) is 25.6. The third-order valence-electron chi connectivity index (χ3n) is 3.78. The Bertz CT molecular complexity index is 520. The minimum atomic E-state index is -0.165. The summed E-state index contributed by atoms with van der Waals surface area (Å²) in [6, 6.07) is 5.01. The van der Waals surface area contributed by atoms with Crippen LogP contribution in [0, 0.1) is 12.8 Å². The zero-order valence-corrected chi connectivity index (χ0v) is 11.8. The first kappa shape index (κ1) is 14.4. The van der Waals surface area contributed by atoms with E-state index in [1.807, 2.05) is 6.92 Å². The number of likely N-dealkylation sites (tertiary alicyclic amines) is 1. The molecule has 1 aromatic carbocycles. The highest BCUT2D eigenvalue weighted by atomic mass is 16.3. The molecule has 1 saturated heterocycles. The molecule has 2 rings (SSSR count). The summed E-state index contributed by atoms with van der Waals surface area (Å²) in [5.41, 5.74) is 1.27. The van der Waals surface area contributed by atoms with Crippen molar-refractivity contribution in [2.45, 2.75) is 19.8 Å². The van der Waals surface area contributed by atoms with Crippen LogP contribution >= 0.6 is 0 Å². The fourth-order valence-electron chi connectivity index (χ4n) is 2.54. The van der Waals surface area contributed by atoms with Gasteiger partial charge in [-0.1, -0.05) is 11.6 Å². The number of piperidine rings is 1. The lowest BCUT2D eigenvalue weighted by molar-refractivity contribution is -0.125. The molecule has 0 spiro atoms. The molecule has 1 heterocycles. The van der Waals surface area contributed by atoms with Crippen LogP contribution in [0.25, 0.3) is 0 Å². The lowest BCUT2D eigenvalue weighted by Crippen LogP contribution is -2.42. The van der Waals surface area contributed by atoms with Crippen molar-refractivity contribution in [3.05, 3.63) is 29.3 Å². The van der Waals surface area contributed by atoms with Crippen LogP contribution in [0.4, 0.5) is 0 Å². The van der Waals surface area contributed by atoms with E-state index in [0.29, 0.717) is 31.5 Å². The first-order valence-corrected chi connectivity index (χ1v) is 6.83. The molecule has 0 radical (unpaired) electrons. The fraction of sp³-hybridized carbons (Fsp3) is 0.467. The number of benzene rings is 1. The van der Waals surface area contributed by atoms with Crippen molar-refractivity contribution in [2.75, 3.05) is 20.1 Å². The number of nitrogens with zero attached hydrogens (tertiary/aromatic N) is 1. The van der Waals surface area contributed by atoms with Crippen LogP contribution in [-0.2, 0) is 4.79 Å². The van der Waals surface area contributed by atoms with E-state index >= 15 is 0 Å². The highest BCUT2D eigenvalue weighted by Crippen LogP contribution is 2.24. The molecule has 0 saturated carbocycles. The highest BCUT2D eigenvalue weighted by Gasteiger charge is 2.28. The SMILES string of the molecule is CNC(=O)C1CCN(C(=O)c2cc(C)ccc2O)CC1. The maximum absolute atomic E-state index is 12.4. The Hall–Kier alpha value is -2.04. The molecule has 0 atom stereocenters. The Labute approximate surface area is 118 Å². The molecule has 1 aliphatic rings. The zero-order chi connectivity index (χ0) is 14.7. The third kappa shape index (κ3) is 2.92. The molecule has 5 nitrogen and oxygen atoms in total. The fourth-order valence-corrected chi connectivity index (χ4v) is 2.54. The Kier molecular flexibility index (Phi) is 4.27. The molecule has 20 heavy (non-hydrogen) atoms. The minimum absolute atomic E-state index is 0.00836. The average Bonchev–Trinajstić information content (AvgIpc) is 2.48. The summed E-state index contributed by atoms with van der Waals surface area (Å²) in [5, 5.41) is 12.4. The number of carbonyl (C=O) groups is 2. The summed E-state index contributed by atoms with van der Waals surface area (Å²) >= 11 is 0. The number of hydrogen-bond acceptors (Lipinski definition) is 3. The maximum atomic E-state index is 12.4. The Morgan fingerprint density at radius 3 is 2.55 bits per heavy atom. The largest absolute Gasteiger partial charge is 0.507 e. The Morgan fingerprint density at radius 1 is 1.30 bits per heavy atom. The standard InChI is InChI=1S/C15H20N2O3/c1-10-3-4-13(18)12(9-10)15(20)17-7-5-11(6-8-17)14(19)16-2/h3-4,9,11,18H,5-8H2,1-2H3,(H,16,19). The van der Waals surface area contributed by atoms with E-state index in [2.05, 4.69) is 5.32 Å². The molecule has 108 valence electrons. The Balaban J connectivity index is 2.05. The second-order valence-corrected chi connectivity index (χ2v) is 5.20. The van der Waals surface area contributed by atoms with Gasteiger partial charge >= 0.3 is 0 Å². The van der Waals surface area contributed by atoms with E-state index in [4.69, 9.17) is 0 Å². The molecule has 2 amide bonds. The van der Waals surface area contributed by atoms with E-state index in [9.17, 15) is 14.7 Å². The Morgan fingerprint density at radius 2 is 1.95 bits per heavy atom. The molecule has 0 bridgehead atoms. The van der Waals surface area contributed by atoms with Gasteiger partial charge in [0.05, 0.1) is 5.56 Å². The van der Waals surface area contributed by atoms with Gasteiger partial charge < -0.3 is 15.3 Å². The molecule has 1 aromatic rings. The van der Waals surface area contributed by atoms with Crippen molar-refractivity contribution >= 4 is 11.8 Å². The van der Waals surface area contributed by atoms with E-state index in [1.165, 1.54) is 0 Å². The average molecular weight is 276 g/mol. The smallest absolute Gasteiger partial charge is 0.257 e. The van der Waals surface area contributed by atoms with Gasteiger partial charge in [0.25, 0.3) is 5.91 Å². The van der Waals surface area contributed by atoms with E-state index < -0.39 is 0 Å². The van der Waals surface area contributed by atoms with E-state index in [0.717, 1.165) is 5.56 Å². The minimum Gasteiger partial charge on any atom is -0.507 e. The quantitative estimate of drug-likeness (QED) is 0.855. The van der Waals surface area contributed by atoms with Crippen LogP contribution < -0.4 is 5.32 Å². The number of phenols is 1. The van der Waals surface area contributed by atoms with Gasteiger partial charge in [0.1, 0.15) is 5.75 Å². The van der Waals surface area contributed by atoms with Gasteiger partial charge in [-0.15, -0.1) is 0 Å².